The maximum absolute atomic E-state index is 5.86. The highest BCUT2D eigenvalue weighted by Gasteiger charge is 2.21. The minimum absolute atomic E-state index is 0.328. The second-order valence-electron chi connectivity index (χ2n) is 6.47. The number of nitrogens with zero attached hydrogens (tertiary/aromatic N) is 3. The molecule has 1 saturated heterocycles. The molecule has 0 N–H and O–H groups in total. The summed E-state index contributed by atoms with van der Waals surface area (Å²) in [5, 5.41) is 0. The van der Waals surface area contributed by atoms with Crippen LogP contribution in [0.2, 0.25) is 0 Å². The van der Waals surface area contributed by atoms with Gasteiger partial charge in [-0.3, -0.25) is 4.90 Å². The number of hydrogen-bond acceptors (Lipinski definition) is 4. The predicted molar refractivity (Wildman–Crippen MR) is 94.0 cm³/mol. The van der Waals surface area contributed by atoms with Crippen LogP contribution in [0.25, 0.3) is 0 Å². The molecule has 2 heterocycles. The van der Waals surface area contributed by atoms with Gasteiger partial charge in [0.1, 0.15) is 11.6 Å². The molecule has 0 spiro atoms. The molecule has 24 heavy (non-hydrogen) atoms. The van der Waals surface area contributed by atoms with Crippen LogP contribution in [-0.2, 0) is 24.9 Å². The third kappa shape index (κ3) is 3.97. The van der Waals surface area contributed by atoms with E-state index in [2.05, 4.69) is 33.6 Å². The first kappa shape index (κ1) is 17.0. The molecule has 1 unspecified atom stereocenters. The predicted octanol–water partition coefficient (Wildman–Crippen LogP) is 2.92. The van der Waals surface area contributed by atoms with Crippen LogP contribution in [0.5, 0.6) is 5.75 Å². The molecule has 1 aliphatic heterocycles. The molecule has 1 aromatic heterocycles. The molecule has 1 aliphatic rings. The number of hydrogen-bond donors (Lipinski definition) is 0. The van der Waals surface area contributed by atoms with Crippen LogP contribution in [0.1, 0.15) is 29.9 Å². The largest absolute Gasteiger partial charge is 0.496 e. The molecular weight excluding hydrogens is 302 g/mol. The second-order valence-corrected chi connectivity index (χ2v) is 6.47. The fourth-order valence-electron chi connectivity index (χ4n) is 3.26. The van der Waals surface area contributed by atoms with Crippen LogP contribution in [0, 0.1) is 6.92 Å². The lowest BCUT2D eigenvalue weighted by atomic mass is 10.1. The van der Waals surface area contributed by atoms with Gasteiger partial charge in [-0.25, -0.2) is 4.98 Å². The van der Waals surface area contributed by atoms with Crippen molar-refractivity contribution in [2.24, 2.45) is 7.05 Å². The summed E-state index contributed by atoms with van der Waals surface area (Å²) < 4.78 is 13.5. The van der Waals surface area contributed by atoms with E-state index in [1.54, 1.807) is 7.11 Å². The van der Waals surface area contributed by atoms with Gasteiger partial charge in [0, 0.05) is 45.0 Å². The van der Waals surface area contributed by atoms with Crippen molar-refractivity contribution in [2.45, 2.75) is 39.0 Å². The van der Waals surface area contributed by atoms with E-state index in [1.165, 1.54) is 11.3 Å². The highest BCUT2D eigenvalue weighted by molar-refractivity contribution is 5.33. The van der Waals surface area contributed by atoms with Gasteiger partial charge < -0.3 is 14.0 Å². The Morgan fingerprint density at radius 3 is 2.83 bits per heavy atom. The Kier molecular flexibility index (Phi) is 5.53. The Morgan fingerprint density at radius 1 is 1.33 bits per heavy atom. The molecule has 1 aromatic carbocycles. The molecule has 0 amide bonds. The molecule has 5 heteroatoms. The van der Waals surface area contributed by atoms with Crippen molar-refractivity contribution >= 4 is 0 Å². The number of rotatable bonds is 7. The Hall–Kier alpha value is -1.85. The van der Waals surface area contributed by atoms with E-state index in [4.69, 9.17) is 9.47 Å². The Morgan fingerprint density at radius 2 is 2.17 bits per heavy atom. The number of imidazole rings is 1. The number of ether oxygens (including phenoxy) is 2. The molecule has 0 bridgehead atoms. The van der Waals surface area contributed by atoms with Gasteiger partial charge in [-0.2, -0.15) is 0 Å². The van der Waals surface area contributed by atoms with Gasteiger partial charge in [0.25, 0.3) is 0 Å². The van der Waals surface area contributed by atoms with Gasteiger partial charge in [0.15, 0.2) is 0 Å². The fourth-order valence-corrected chi connectivity index (χ4v) is 3.26. The van der Waals surface area contributed by atoms with E-state index in [9.17, 15) is 0 Å². The zero-order valence-electron chi connectivity index (χ0n) is 14.9. The minimum atomic E-state index is 0.328. The van der Waals surface area contributed by atoms with E-state index < -0.39 is 0 Å². The van der Waals surface area contributed by atoms with Gasteiger partial charge in [0.2, 0.25) is 0 Å². The molecule has 1 atom stereocenters. The fraction of sp³-hybridized carbons (Fsp3) is 0.526. The maximum atomic E-state index is 5.86. The molecule has 0 aliphatic carbocycles. The molecule has 2 aromatic rings. The molecular formula is C19H27N3O2. The molecule has 5 nitrogen and oxygen atoms in total. The molecule has 0 radical (unpaired) electrons. The van der Waals surface area contributed by atoms with Crippen LogP contribution >= 0.6 is 0 Å². The van der Waals surface area contributed by atoms with Gasteiger partial charge in [-0.05, 0) is 25.8 Å². The summed E-state index contributed by atoms with van der Waals surface area (Å²) in [5.41, 5.74) is 2.43. The van der Waals surface area contributed by atoms with E-state index in [0.717, 1.165) is 50.7 Å². The Balaban J connectivity index is 1.77. The number of aromatic nitrogens is 2. The normalized spacial score (nSPS) is 17.6. The zero-order valence-corrected chi connectivity index (χ0v) is 14.9. The maximum Gasteiger partial charge on any atom is 0.123 e. The van der Waals surface area contributed by atoms with Crippen LogP contribution in [0.4, 0.5) is 0 Å². The molecule has 130 valence electrons. The Labute approximate surface area is 144 Å². The number of benzene rings is 1. The summed E-state index contributed by atoms with van der Waals surface area (Å²) >= 11 is 0. The van der Waals surface area contributed by atoms with E-state index in [-0.39, 0.29) is 0 Å². The monoisotopic (exact) mass is 329 g/mol. The number of methoxy groups -OCH3 is 1. The summed E-state index contributed by atoms with van der Waals surface area (Å²) in [6.07, 6.45) is 4.61. The average Bonchev–Trinajstić information content (AvgIpc) is 3.21. The molecule has 3 rings (SSSR count). The summed E-state index contributed by atoms with van der Waals surface area (Å²) in [7, 11) is 3.80. The Bertz CT molecular complexity index is 662. The second kappa shape index (κ2) is 7.81. The number of aryl methyl sites for hydroxylation is 1. The van der Waals surface area contributed by atoms with Crippen LogP contribution in [-0.4, -0.2) is 40.8 Å². The topological polar surface area (TPSA) is 39.5 Å². The lowest BCUT2D eigenvalue weighted by Crippen LogP contribution is -2.32. The zero-order chi connectivity index (χ0) is 16.9. The summed E-state index contributed by atoms with van der Waals surface area (Å²) in [6.45, 7) is 5.55. The van der Waals surface area contributed by atoms with Crippen molar-refractivity contribution in [3.63, 3.8) is 0 Å². The lowest BCUT2D eigenvalue weighted by molar-refractivity contribution is 0.0669. The quantitative estimate of drug-likeness (QED) is 0.783. The van der Waals surface area contributed by atoms with Gasteiger partial charge in [-0.15, -0.1) is 0 Å². The first-order valence-corrected chi connectivity index (χ1v) is 8.60. The van der Waals surface area contributed by atoms with Gasteiger partial charge in [-0.1, -0.05) is 18.2 Å². The highest BCUT2D eigenvalue weighted by atomic mass is 16.5. The summed E-state index contributed by atoms with van der Waals surface area (Å²) in [6, 6.07) is 8.23. The third-order valence-electron chi connectivity index (χ3n) is 4.77. The van der Waals surface area contributed by atoms with Gasteiger partial charge in [0.05, 0.1) is 18.9 Å². The van der Waals surface area contributed by atoms with E-state index >= 15 is 0 Å². The van der Waals surface area contributed by atoms with Gasteiger partial charge >= 0.3 is 0 Å². The first-order valence-electron chi connectivity index (χ1n) is 8.60. The molecule has 0 saturated carbocycles. The lowest BCUT2D eigenvalue weighted by Gasteiger charge is -2.26. The van der Waals surface area contributed by atoms with Crippen LogP contribution in [0.3, 0.4) is 0 Å². The smallest absolute Gasteiger partial charge is 0.123 e. The van der Waals surface area contributed by atoms with Crippen molar-refractivity contribution in [1.82, 2.24) is 14.5 Å². The van der Waals surface area contributed by atoms with Crippen molar-refractivity contribution in [3.05, 3.63) is 47.5 Å². The average molecular weight is 329 g/mol. The van der Waals surface area contributed by atoms with Crippen molar-refractivity contribution in [2.75, 3.05) is 20.3 Å². The number of para-hydroxylation sites is 1. The first-order chi connectivity index (χ1) is 11.7. The highest BCUT2D eigenvalue weighted by Crippen LogP contribution is 2.22. The summed E-state index contributed by atoms with van der Waals surface area (Å²) in [5.74, 6) is 1.98. The third-order valence-corrected chi connectivity index (χ3v) is 4.77. The van der Waals surface area contributed by atoms with Crippen LogP contribution < -0.4 is 4.74 Å². The molecule has 1 fully saturated rings. The van der Waals surface area contributed by atoms with Crippen molar-refractivity contribution in [1.29, 1.82) is 0 Å². The van der Waals surface area contributed by atoms with E-state index in [0.29, 0.717) is 6.10 Å². The van der Waals surface area contributed by atoms with Crippen LogP contribution in [0.15, 0.2) is 30.5 Å². The minimum Gasteiger partial charge on any atom is -0.496 e. The summed E-state index contributed by atoms with van der Waals surface area (Å²) in [4.78, 5) is 6.86. The van der Waals surface area contributed by atoms with Crippen molar-refractivity contribution in [3.8, 4) is 5.75 Å². The van der Waals surface area contributed by atoms with E-state index in [1.807, 2.05) is 25.3 Å². The van der Waals surface area contributed by atoms with Crippen molar-refractivity contribution < 1.29 is 9.47 Å². The standard InChI is InChI=1S/C19H27N3O2/c1-15-20-11-17(21(15)2)13-22(14-18-8-6-10-24-18)12-16-7-4-5-9-19(16)23-3/h4-5,7,9,11,18H,6,8,10,12-14H2,1-3H3. The SMILES string of the molecule is COc1ccccc1CN(Cc1cnc(C)n1C)CC1CCCO1.